The van der Waals surface area contributed by atoms with E-state index in [-0.39, 0.29) is 48.3 Å². The highest BCUT2D eigenvalue weighted by Gasteiger charge is 2.65. The molecule has 6 saturated heterocycles. The van der Waals surface area contributed by atoms with Gasteiger partial charge in [0.25, 0.3) is 0 Å². The summed E-state index contributed by atoms with van der Waals surface area (Å²) in [5.74, 6) is -8.36. The fourth-order valence-corrected chi connectivity index (χ4v) is 17.0. The second kappa shape index (κ2) is 28.6. The standard InChI is InChI=1S/C67H98N2O25/c1-29-14-18-46(89-53-28-65(11,69(80)81)59(37(9)87-53)68-64(79)82-13)30(2)23-42-44(72)24-39(62(76)77)27-67(42)61(75)54(63(78)94-67)60(74)66(12)41(29)16-15-40-55(66)31(3)22-32(4)56(40)93-52-26-48(58(36(8)86-52)88-38(10)70)91-49-21-19-47(34(6)84-49)90-51-25-45(73)57(35(7)85-51)92-50-20-17-43(71)33(5)83-50/h14-16,23-24,31-37,40-53,55-59,71-74,80-81H,17-22,25-28H2,1-13H3,(H,68,79)(H,76,77). The number of hydroxylamine groups is 2. The van der Waals surface area contributed by atoms with E-state index in [1.165, 1.54) is 27.0 Å². The van der Waals surface area contributed by atoms with Gasteiger partial charge >= 0.3 is 24.0 Å². The number of carboxylic acid groups (broad SMARTS) is 1. The number of amides is 1. The Hall–Kier alpha value is -4.79. The SMILES string of the molecule is COC(=O)NC1C(C)OC(OC2CC=C(C)C3C=CC4C(OC5CC(OC6CCC(OC7CC(O)C(OC8CCC(O)C(C)O8)C(C)O7)C(C)O6)C(OC(C)=O)C(C)O5)C(C)CC(C)C4C3(C)C(O)=C3C(=O)OC4(CC(C(=O)O)=CC(O)C4C=C2C)C3=O)CC1(C)N(O)O. The highest BCUT2D eigenvalue weighted by atomic mass is 16.8. The molecule has 27 heteroatoms. The van der Waals surface area contributed by atoms with Gasteiger partial charge in [0.15, 0.2) is 43.2 Å². The smallest absolute Gasteiger partial charge is 0.407 e. The van der Waals surface area contributed by atoms with Crippen LogP contribution < -0.4 is 5.32 Å². The number of fused-ring (bicyclic) bond motifs is 4. The molecule has 27 nitrogen and oxygen atoms in total. The summed E-state index contributed by atoms with van der Waals surface area (Å²) in [7, 11) is 1.17. The number of carboxylic acids is 1. The van der Waals surface area contributed by atoms with Crippen molar-refractivity contribution in [3.05, 3.63) is 58.4 Å². The van der Waals surface area contributed by atoms with E-state index in [1.807, 2.05) is 39.0 Å². The fraction of sp³-hybridized carbons (Fsp3) is 0.776. The topological polar surface area (TPSA) is 362 Å². The van der Waals surface area contributed by atoms with Crippen LogP contribution in [0.1, 0.15) is 147 Å². The highest BCUT2D eigenvalue weighted by molar-refractivity contribution is 6.26. The molecule has 29 atom stereocenters. The van der Waals surface area contributed by atoms with Gasteiger partial charge in [0.2, 0.25) is 5.78 Å². The molecule has 1 saturated carbocycles. The molecule has 0 aromatic heterocycles. The van der Waals surface area contributed by atoms with Gasteiger partial charge in [0.1, 0.15) is 23.5 Å². The van der Waals surface area contributed by atoms with E-state index in [2.05, 4.69) is 12.2 Å². The molecule has 7 fully saturated rings. The third-order valence-corrected chi connectivity index (χ3v) is 21.9. The summed E-state index contributed by atoms with van der Waals surface area (Å²) in [6.45, 7) is 21.1. The van der Waals surface area contributed by atoms with Crippen LogP contribution >= 0.6 is 0 Å². The van der Waals surface area contributed by atoms with E-state index in [1.54, 1.807) is 41.5 Å². The number of hydrogen-bond acceptors (Lipinski definition) is 25. The maximum absolute atomic E-state index is 15.6. The van der Waals surface area contributed by atoms with Crippen molar-refractivity contribution in [3.8, 4) is 0 Å². The molecular weight excluding hydrogens is 1230 g/mol. The molecule has 10 rings (SSSR count). The summed E-state index contributed by atoms with van der Waals surface area (Å²) in [5, 5.41) is 81.0. The van der Waals surface area contributed by atoms with Gasteiger partial charge in [-0.3, -0.25) is 20.0 Å². The number of aliphatic hydroxyl groups excluding tert-OH is 4. The zero-order chi connectivity index (χ0) is 68.4. The predicted octanol–water partition coefficient (Wildman–Crippen LogP) is 6.05. The van der Waals surface area contributed by atoms with Gasteiger partial charge in [-0.15, -0.1) is 0 Å². The Morgan fingerprint density at radius 3 is 1.96 bits per heavy atom. The number of aliphatic hydroxyl groups is 4. The maximum atomic E-state index is 15.6. The van der Waals surface area contributed by atoms with E-state index in [9.17, 15) is 55.1 Å². The first-order valence-electron chi connectivity index (χ1n) is 33.3. The first-order chi connectivity index (χ1) is 44.3. The third kappa shape index (κ3) is 14.1. The minimum absolute atomic E-state index is 0.00811. The van der Waals surface area contributed by atoms with Crippen LogP contribution in [0.3, 0.4) is 0 Å². The first-order valence-corrected chi connectivity index (χ1v) is 33.3. The van der Waals surface area contributed by atoms with Crippen molar-refractivity contribution in [1.29, 1.82) is 0 Å². The molecule has 6 aliphatic heterocycles. The first kappa shape index (κ1) is 72.0. The van der Waals surface area contributed by atoms with Crippen LogP contribution in [0, 0.1) is 40.9 Å². The minimum atomic E-state index is -2.35. The van der Waals surface area contributed by atoms with Crippen LogP contribution in [0.5, 0.6) is 0 Å². The van der Waals surface area contributed by atoms with E-state index >= 15 is 4.79 Å². The van der Waals surface area contributed by atoms with Gasteiger partial charge in [0.05, 0.1) is 91.8 Å². The average molecular weight is 1330 g/mol. The maximum Gasteiger partial charge on any atom is 0.407 e. The lowest BCUT2D eigenvalue weighted by Crippen LogP contribution is -2.68. The summed E-state index contributed by atoms with van der Waals surface area (Å²) in [4.78, 5) is 68.4. The lowest BCUT2D eigenvalue weighted by Gasteiger charge is -2.56. The van der Waals surface area contributed by atoms with Crippen molar-refractivity contribution in [3.63, 3.8) is 0 Å². The number of nitrogens with zero attached hydrogens (tertiary/aromatic N) is 1. The molecule has 1 spiro atoms. The minimum Gasteiger partial charge on any atom is -0.511 e. The largest absolute Gasteiger partial charge is 0.511 e. The van der Waals surface area contributed by atoms with Gasteiger partial charge < -0.3 is 92.4 Å². The lowest BCUT2D eigenvalue weighted by atomic mass is 9.49. The van der Waals surface area contributed by atoms with E-state index in [4.69, 9.17) is 61.6 Å². The van der Waals surface area contributed by atoms with E-state index in [0.29, 0.717) is 43.3 Å². The van der Waals surface area contributed by atoms with Crippen molar-refractivity contribution < 1.29 is 121 Å². The number of carbonyl (C=O) groups excluding carboxylic acids is 4. The van der Waals surface area contributed by atoms with Crippen LogP contribution in [0.25, 0.3) is 0 Å². The normalized spacial score (nSPS) is 46.0. The molecule has 2 bridgehead atoms. The van der Waals surface area contributed by atoms with Gasteiger partial charge in [-0.1, -0.05) is 55.9 Å². The number of nitrogens with one attached hydrogen (secondary N) is 1. The number of alkyl carbamates (subject to hydrolysis) is 1. The number of esters is 2. The van der Waals surface area contributed by atoms with Gasteiger partial charge in [-0.25, -0.2) is 14.4 Å². The van der Waals surface area contributed by atoms with Gasteiger partial charge in [0, 0.05) is 68.3 Å². The summed E-state index contributed by atoms with van der Waals surface area (Å²) in [5.41, 5.74) is -5.40. The summed E-state index contributed by atoms with van der Waals surface area (Å²) in [6, 6.07) is -1.02. The van der Waals surface area contributed by atoms with Crippen LogP contribution in [0.2, 0.25) is 0 Å². The van der Waals surface area contributed by atoms with Crippen LogP contribution in [-0.2, 0) is 80.8 Å². The Bertz CT molecular complexity index is 2960. The summed E-state index contributed by atoms with van der Waals surface area (Å²) < 4.78 is 81.6. The number of ketones is 1. The van der Waals surface area contributed by atoms with Crippen LogP contribution in [-0.4, -0.2) is 212 Å². The molecule has 0 radical (unpaired) electrons. The second-order valence-corrected chi connectivity index (χ2v) is 28.4. The molecule has 8 N–H and O–H groups in total. The molecule has 94 heavy (non-hydrogen) atoms. The van der Waals surface area contributed by atoms with Crippen molar-refractivity contribution >= 4 is 29.8 Å². The number of methoxy groups -OCH3 is 1. The highest BCUT2D eigenvalue weighted by Crippen LogP contribution is 2.61. The predicted molar refractivity (Wildman–Crippen MR) is 325 cm³/mol. The average Bonchev–Trinajstić information content (AvgIpc) is 1.37. The quantitative estimate of drug-likeness (QED) is 0.0322. The fourth-order valence-electron chi connectivity index (χ4n) is 17.0. The molecular formula is C67H98N2O25. The Morgan fingerprint density at radius 2 is 1.31 bits per heavy atom. The summed E-state index contributed by atoms with van der Waals surface area (Å²) >= 11 is 0. The molecule has 29 unspecified atom stereocenters. The second-order valence-electron chi connectivity index (χ2n) is 28.4. The molecule has 0 aromatic rings. The number of Topliss-reactive ketones (excluding diaryl/α,β-unsaturated/α-hetero) is 1. The molecule has 0 aromatic carbocycles. The third-order valence-electron chi connectivity index (χ3n) is 21.9. The number of allylic oxidation sites excluding steroid dienone is 3. The van der Waals surface area contributed by atoms with Crippen LogP contribution in [0.15, 0.2) is 58.4 Å². The lowest BCUT2D eigenvalue weighted by molar-refractivity contribution is -0.390. The Kier molecular flexibility index (Phi) is 21.9. The van der Waals surface area contributed by atoms with Gasteiger partial charge in [-0.2, -0.15) is 0 Å². The Balaban J connectivity index is 0.910. The Morgan fingerprint density at radius 1 is 0.681 bits per heavy atom. The van der Waals surface area contributed by atoms with Crippen molar-refractivity contribution in [2.75, 3.05) is 7.11 Å². The number of aliphatic carboxylic acids is 1. The molecule has 1 amide bonds. The Labute approximate surface area is 547 Å². The molecule has 4 aliphatic carbocycles. The monoisotopic (exact) mass is 1330 g/mol. The van der Waals surface area contributed by atoms with Crippen LogP contribution in [0.4, 0.5) is 4.79 Å². The number of rotatable bonds is 14. The van der Waals surface area contributed by atoms with Crippen molar-refractivity contribution in [1.82, 2.24) is 10.5 Å². The molecule has 6 heterocycles. The zero-order valence-corrected chi connectivity index (χ0v) is 55.9. The number of hydrogen-bond donors (Lipinski definition) is 8. The van der Waals surface area contributed by atoms with Crippen molar-refractivity contribution in [2.24, 2.45) is 40.9 Å². The summed E-state index contributed by atoms with van der Waals surface area (Å²) in [6.07, 6.45) is -5.31. The van der Waals surface area contributed by atoms with Crippen molar-refractivity contribution in [2.45, 2.75) is 281 Å². The number of carbonyl (C=O) groups is 5. The van der Waals surface area contributed by atoms with E-state index < -0.39 is 211 Å². The zero-order valence-electron chi connectivity index (χ0n) is 55.9. The van der Waals surface area contributed by atoms with Gasteiger partial charge in [-0.05, 0) is 110 Å². The molecule has 10 aliphatic rings. The molecule has 526 valence electrons. The number of ether oxygens (including phenoxy) is 13. The van der Waals surface area contributed by atoms with E-state index in [0.717, 1.165) is 6.08 Å².